The summed E-state index contributed by atoms with van der Waals surface area (Å²) in [6, 6.07) is -0.106. The Hall–Kier alpha value is -2.00. The number of aromatic nitrogens is 2. The van der Waals surface area contributed by atoms with Gasteiger partial charge >= 0.3 is 5.69 Å². The molecule has 0 radical (unpaired) electrons. The molecule has 0 bridgehead atoms. The molecule has 0 saturated carbocycles. The maximum Gasteiger partial charge on any atom is 0.332 e. The first-order valence-corrected chi connectivity index (χ1v) is 6.21. The number of rotatable bonds is 3. The van der Waals surface area contributed by atoms with E-state index in [1.165, 1.54) is 6.92 Å². The van der Waals surface area contributed by atoms with E-state index in [0.29, 0.717) is 13.2 Å². The van der Waals surface area contributed by atoms with Crippen LogP contribution in [-0.4, -0.2) is 51.9 Å². The van der Waals surface area contributed by atoms with Gasteiger partial charge in [0.05, 0.1) is 30.3 Å². The predicted molar refractivity (Wildman–Crippen MR) is 71.5 cm³/mol. The van der Waals surface area contributed by atoms with Crippen molar-refractivity contribution in [2.24, 2.45) is 0 Å². The zero-order chi connectivity index (χ0) is 14.9. The molecule has 20 heavy (non-hydrogen) atoms. The third kappa shape index (κ3) is 2.63. The molecule has 9 heteroatoms. The second-order valence-corrected chi connectivity index (χ2v) is 4.74. The smallest absolute Gasteiger partial charge is 0.332 e. The van der Waals surface area contributed by atoms with Crippen molar-refractivity contribution < 1.29 is 14.8 Å². The van der Waals surface area contributed by atoms with Gasteiger partial charge in [0, 0.05) is 6.54 Å². The Morgan fingerprint density at radius 3 is 2.90 bits per heavy atom. The fourth-order valence-electron chi connectivity index (χ4n) is 2.21. The fourth-order valence-corrected chi connectivity index (χ4v) is 2.21. The molecule has 1 saturated heterocycles. The zero-order valence-corrected chi connectivity index (χ0v) is 11.3. The number of hydrogen-bond acceptors (Lipinski definition) is 8. The topological polar surface area (TPSA) is 128 Å². The van der Waals surface area contributed by atoms with Crippen LogP contribution in [0.2, 0.25) is 0 Å². The largest absolute Gasteiger partial charge is 0.394 e. The van der Waals surface area contributed by atoms with Gasteiger partial charge in [-0.2, -0.15) is 4.98 Å². The molecule has 2 heterocycles. The SMILES string of the molecule is Cc1nc(N)nc(N2CC(CO)OCC2C)c1[N+](=O)[O-]. The number of hydrogen-bond donors (Lipinski definition) is 2. The monoisotopic (exact) mass is 283 g/mol. The van der Waals surface area contributed by atoms with Crippen LogP contribution in [0.3, 0.4) is 0 Å². The first kappa shape index (κ1) is 14.4. The zero-order valence-electron chi connectivity index (χ0n) is 11.3. The van der Waals surface area contributed by atoms with Gasteiger partial charge in [-0.25, -0.2) is 4.98 Å². The molecule has 0 aliphatic carbocycles. The first-order valence-electron chi connectivity index (χ1n) is 6.21. The summed E-state index contributed by atoms with van der Waals surface area (Å²) in [5, 5.41) is 20.4. The van der Waals surface area contributed by atoms with Crippen molar-refractivity contribution >= 4 is 17.5 Å². The normalized spacial score (nSPS) is 22.9. The third-order valence-corrected chi connectivity index (χ3v) is 3.22. The molecule has 2 rings (SSSR count). The van der Waals surface area contributed by atoms with Gasteiger partial charge in [0.25, 0.3) is 0 Å². The Bertz CT molecular complexity index is 524. The van der Waals surface area contributed by atoms with E-state index in [-0.39, 0.29) is 35.8 Å². The number of nitrogens with two attached hydrogens (primary N) is 1. The van der Waals surface area contributed by atoms with E-state index in [1.54, 1.807) is 4.90 Å². The summed E-state index contributed by atoms with van der Waals surface area (Å²) < 4.78 is 5.42. The molecule has 2 unspecified atom stereocenters. The van der Waals surface area contributed by atoms with Crippen LogP contribution in [0.25, 0.3) is 0 Å². The number of aliphatic hydroxyl groups is 1. The summed E-state index contributed by atoms with van der Waals surface area (Å²) >= 11 is 0. The van der Waals surface area contributed by atoms with E-state index in [4.69, 9.17) is 10.5 Å². The van der Waals surface area contributed by atoms with Crippen molar-refractivity contribution in [2.75, 3.05) is 30.4 Å². The van der Waals surface area contributed by atoms with E-state index in [2.05, 4.69) is 9.97 Å². The van der Waals surface area contributed by atoms with Gasteiger partial charge < -0.3 is 20.5 Å². The fraction of sp³-hybridized carbons (Fsp3) is 0.636. The summed E-state index contributed by atoms with van der Waals surface area (Å²) in [7, 11) is 0. The molecule has 3 N–H and O–H groups in total. The van der Waals surface area contributed by atoms with Gasteiger partial charge in [-0.05, 0) is 13.8 Å². The van der Waals surface area contributed by atoms with Crippen LogP contribution in [0.5, 0.6) is 0 Å². The number of aryl methyl sites for hydroxylation is 1. The first-order chi connectivity index (χ1) is 9.43. The number of anilines is 2. The van der Waals surface area contributed by atoms with Crippen molar-refractivity contribution in [2.45, 2.75) is 26.0 Å². The number of nitrogens with zero attached hydrogens (tertiary/aromatic N) is 4. The lowest BCUT2D eigenvalue weighted by molar-refractivity contribution is -0.385. The van der Waals surface area contributed by atoms with E-state index in [0.717, 1.165) is 0 Å². The average Bonchev–Trinajstić information content (AvgIpc) is 2.37. The number of morpholine rings is 1. The molecule has 1 aromatic rings. The van der Waals surface area contributed by atoms with Crippen LogP contribution in [0.1, 0.15) is 12.6 Å². The average molecular weight is 283 g/mol. The Morgan fingerprint density at radius 2 is 2.30 bits per heavy atom. The molecule has 110 valence electrons. The van der Waals surface area contributed by atoms with Crippen LogP contribution in [-0.2, 0) is 4.74 Å². The van der Waals surface area contributed by atoms with Crippen molar-refractivity contribution in [1.82, 2.24) is 9.97 Å². The van der Waals surface area contributed by atoms with Gasteiger partial charge in [0.1, 0.15) is 5.69 Å². The van der Waals surface area contributed by atoms with E-state index in [9.17, 15) is 15.2 Å². The van der Waals surface area contributed by atoms with Gasteiger partial charge in [0.2, 0.25) is 11.8 Å². The molecular weight excluding hydrogens is 266 g/mol. The second-order valence-electron chi connectivity index (χ2n) is 4.74. The summed E-state index contributed by atoms with van der Waals surface area (Å²) in [6.07, 6.45) is -0.401. The van der Waals surface area contributed by atoms with Gasteiger partial charge in [0.15, 0.2) is 0 Å². The molecule has 0 aromatic carbocycles. The number of nitro groups is 1. The van der Waals surface area contributed by atoms with Gasteiger partial charge in [-0.1, -0.05) is 0 Å². The Morgan fingerprint density at radius 1 is 1.60 bits per heavy atom. The molecule has 2 atom stereocenters. The summed E-state index contributed by atoms with van der Waals surface area (Å²) in [5.41, 5.74) is 5.65. The highest BCUT2D eigenvalue weighted by molar-refractivity contribution is 5.62. The van der Waals surface area contributed by atoms with Crippen molar-refractivity contribution in [3.8, 4) is 0 Å². The van der Waals surface area contributed by atoms with E-state index < -0.39 is 11.0 Å². The highest BCUT2D eigenvalue weighted by Crippen LogP contribution is 2.32. The highest BCUT2D eigenvalue weighted by atomic mass is 16.6. The summed E-state index contributed by atoms with van der Waals surface area (Å²) in [5.74, 6) is 0.164. The van der Waals surface area contributed by atoms with Crippen LogP contribution in [0.15, 0.2) is 0 Å². The molecule has 0 amide bonds. The molecule has 1 aliphatic rings. The predicted octanol–water partition coefficient (Wildman–Crippen LogP) is -0.139. The number of nitrogen functional groups attached to an aromatic ring is 1. The van der Waals surface area contributed by atoms with E-state index >= 15 is 0 Å². The molecule has 0 spiro atoms. The maximum atomic E-state index is 11.2. The lowest BCUT2D eigenvalue weighted by Crippen LogP contribution is -2.50. The molecule has 1 aromatic heterocycles. The lowest BCUT2D eigenvalue weighted by Gasteiger charge is -2.37. The van der Waals surface area contributed by atoms with Crippen LogP contribution in [0, 0.1) is 17.0 Å². The minimum atomic E-state index is -0.514. The summed E-state index contributed by atoms with van der Waals surface area (Å²) in [6.45, 7) is 3.90. The molecule has 1 aliphatic heterocycles. The highest BCUT2D eigenvalue weighted by Gasteiger charge is 2.33. The molecule has 1 fully saturated rings. The Balaban J connectivity index is 2.47. The van der Waals surface area contributed by atoms with Gasteiger partial charge in [-0.15, -0.1) is 0 Å². The van der Waals surface area contributed by atoms with Crippen LogP contribution < -0.4 is 10.6 Å². The number of ether oxygens (including phenoxy) is 1. The molecular formula is C11H17N5O4. The van der Waals surface area contributed by atoms with Crippen molar-refractivity contribution in [3.05, 3.63) is 15.8 Å². The Kier molecular flexibility index (Phi) is 4.00. The Labute approximate surface area is 115 Å². The maximum absolute atomic E-state index is 11.2. The summed E-state index contributed by atoms with van der Waals surface area (Å²) in [4.78, 5) is 20.3. The molecule has 9 nitrogen and oxygen atoms in total. The van der Waals surface area contributed by atoms with E-state index in [1.807, 2.05) is 6.92 Å². The second kappa shape index (κ2) is 5.55. The minimum Gasteiger partial charge on any atom is -0.394 e. The quantitative estimate of drug-likeness (QED) is 0.579. The van der Waals surface area contributed by atoms with Crippen molar-refractivity contribution in [1.29, 1.82) is 0 Å². The van der Waals surface area contributed by atoms with Crippen LogP contribution >= 0.6 is 0 Å². The number of aliphatic hydroxyl groups excluding tert-OH is 1. The van der Waals surface area contributed by atoms with Crippen molar-refractivity contribution in [3.63, 3.8) is 0 Å². The van der Waals surface area contributed by atoms with Gasteiger partial charge in [-0.3, -0.25) is 10.1 Å². The minimum absolute atomic E-state index is 0.0117. The lowest BCUT2D eigenvalue weighted by atomic mass is 10.2. The third-order valence-electron chi connectivity index (χ3n) is 3.22. The standard InChI is InChI=1S/C11H17N5O4/c1-6-5-20-8(4-17)3-15(6)10-9(16(18)19)7(2)13-11(12)14-10/h6,8,17H,3-5H2,1-2H3,(H2,12,13,14). The van der Waals surface area contributed by atoms with Crippen LogP contribution in [0.4, 0.5) is 17.5 Å².